The van der Waals surface area contributed by atoms with Gasteiger partial charge in [-0.05, 0) is 37.1 Å². The number of benzene rings is 1. The zero-order valence-corrected chi connectivity index (χ0v) is 17.2. The molecule has 9 nitrogen and oxygen atoms in total. The number of nitrogens with one attached hydrogen (secondary N) is 1. The lowest BCUT2D eigenvalue weighted by molar-refractivity contribution is -0.114. The second-order valence-corrected chi connectivity index (χ2v) is 9.30. The highest BCUT2D eigenvalue weighted by atomic mass is 32.2. The molecule has 1 fully saturated rings. The van der Waals surface area contributed by atoms with E-state index in [1.165, 1.54) is 20.1 Å². The predicted octanol–water partition coefficient (Wildman–Crippen LogP) is 1.80. The van der Waals surface area contributed by atoms with Crippen LogP contribution >= 0.6 is 0 Å². The smallest absolute Gasteiger partial charge is 0.271 e. The number of hydrogen-bond donors (Lipinski definition) is 2. The number of aliphatic imine (C=N–C) groups is 1. The van der Waals surface area contributed by atoms with Crippen molar-refractivity contribution in [2.75, 3.05) is 16.8 Å². The van der Waals surface area contributed by atoms with Crippen LogP contribution in [0.1, 0.15) is 36.1 Å². The van der Waals surface area contributed by atoms with Crippen LogP contribution in [0.5, 0.6) is 5.88 Å². The van der Waals surface area contributed by atoms with Crippen molar-refractivity contribution in [3.63, 3.8) is 0 Å². The van der Waals surface area contributed by atoms with E-state index in [-0.39, 0.29) is 40.5 Å². The van der Waals surface area contributed by atoms with E-state index in [0.29, 0.717) is 11.4 Å². The maximum Gasteiger partial charge on any atom is 0.271 e. The lowest BCUT2D eigenvalue weighted by atomic mass is 10.0. The van der Waals surface area contributed by atoms with Crippen molar-refractivity contribution in [3.8, 4) is 11.9 Å². The van der Waals surface area contributed by atoms with Gasteiger partial charge in [0.05, 0.1) is 28.8 Å². The maximum atomic E-state index is 12.7. The van der Waals surface area contributed by atoms with E-state index in [1.807, 2.05) is 6.07 Å². The minimum absolute atomic E-state index is 0.0846. The molecule has 1 amide bonds. The number of aromatic hydroxyl groups is 1. The van der Waals surface area contributed by atoms with Crippen molar-refractivity contribution >= 4 is 33.3 Å². The monoisotopic (exact) mass is 428 g/mol. The van der Waals surface area contributed by atoms with Crippen LogP contribution in [-0.2, 0) is 14.6 Å². The van der Waals surface area contributed by atoms with E-state index in [9.17, 15) is 28.4 Å². The Hall–Kier alpha value is -3.45. The van der Waals surface area contributed by atoms with Crippen LogP contribution in [0.2, 0.25) is 0 Å². The Balaban J connectivity index is 2.08. The van der Waals surface area contributed by atoms with Crippen molar-refractivity contribution in [2.24, 2.45) is 4.99 Å². The van der Waals surface area contributed by atoms with Gasteiger partial charge in [0.2, 0.25) is 11.8 Å². The number of hydrogen-bond acceptors (Lipinski definition) is 7. The quantitative estimate of drug-likeness (QED) is 0.711. The van der Waals surface area contributed by atoms with Crippen molar-refractivity contribution in [2.45, 2.75) is 26.3 Å². The molecule has 2 aromatic rings. The normalized spacial score (nSPS) is 17.7. The predicted molar refractivity (Wildman–Crippen MR) is 112 cm³/mol. The summed E-state index contributed by atoms with van der Waals surface area (Å²) < 4.78 is 24.7. The lowest BCUT2D eigenvalue weighted by Gasteiger charge is -2.18. The van der Waals surface area contributed by atoms with Crippen LogP contribution in [0.3, 0.4) is 0 Å². The largest absolute Gasteiger partial charge is 0.494 e. The van der Waals surface area contributed by atoms with Crippen LogP contribution in [0, 0.1) is 18.3 Å². The van der Waals surface area contributed by atoms with Gasteiger partial charge in [0.25, 0.3) is 5.56 Å². The summed E-state index contributed by atoms with van der Waals surface area (Å²) in [6.45, 7) is 2.90. The summed E-state index contributed by atoms with van der Waals surface area (Å²) in [4.78, 5) is 28.2. The van der Waals surface area contributed by atoms with Gasteiger partial charge in [-0.25, -0.2) is 8.42 Å². The number of rotatable bonds is 4. The number of aromatic nitrogens is 1. The molecule has 30 heavy (non-hydrogen) atoms. The van der Waals surface area contributed by atoms with E-state index in [1.54, 1.807) is 24.3 Å². The van der Waals surface area contributed by atoms with Gasteiger partial charge in [0.1, 0.15) is 11.6 Å². The lowest BCUT2D eigenvalue weighted by Crippen LogP contribution is -2.29. The SMILES string of the molecule is CC(=O)Nc1cccc(N=Cc2c(C)c(C#N)c(=O)n([C@@H]3CCS(=O)(=O)C3)c2O)c1. The van der Waals surface area contributed by atoms with Crippen molar-refractivity contribution in [1.29, 1.82) is 5.26 Å². The molecule has 156 valence electrons. The fourth-order valence-corrected chi connectivity index (χ4v) is 5.12. The average Bonchev–Trinajstić information content (AvgIpc) is 3.01. The third-order valence-electron chi connectivity index (χ3n) is 4.88. The fourth-order valence-electron chi connectivity index (χ4n) is 3.42. The number of amides is 1. The number of sulfone groups is 1. The molecular weight excluding hydrogens is 408 g/mol. The third kappa shape index (κ3) is 4.26. The first kappa shape index (κ1) is 21.3. The van der Waals surface area contributed by atoms with Gasteiger partial charge in [-0.2, -0.15) is 5.26 Å². The molecule has 0 unspecified atom stereocenters. The highest BCUT2D eigenvalue weighted by Gasteiger charge is 2.33. The molecule has 0 radical (unpaired) electrons. The zero-order chi connectivity index (χ0) is 22.1. The average molecular weight is 428 g/mol. The van der Waals surface area contributed by atoms with Crippen LogP contribution in [0.15, 0.2) is 34.1 Å². The highest BCUT2D eigenvalue weighted by Crippen LogP contribution is 2.30. The highest BCUT2D eigenvalue weighted by molar-refractivity contribution is 7.91. The Labute approximate surface area is 173 Å². The fraction of sp³-hybridized carbons (Fsp3) is 0.300. The molecule has 1 aliphatic rings. The maximum absolute atomic E-state index is 12.7. The molecule has 1 aromatic heterocycles. The van der Waals surface area contributed by atoms with Gasteiger partial charge >= 0.3 is 0 Å². The topological polar surface area (TPSA) is 142 Å². The van der Waals surface area contributed by atoms with Crippen molar-refractivity contribution in [1.82, 2.24) is 4.57 Å². The molecule has 0 spiro atoms. The third-order valence-corrected chi connectivity index (χ3v) is 6.63. The van der Waals surface area contributed by atoms with E-state index >= 15 is 0 Å². The van der Waals surface area contributed by atoms with Crippen molar-refractivity contribution in [3.05, 3.63) is 51.3 Å². The number of nitriles is 1. The van der Waals surface area contributed by atoms with E-state index in [4.69, 9.17) is 0 Å². The zero-order valence-electron chi connectivity index (χ0n) is 16.4. The number of carbonyl (C=O) groups is 1. The standard InChI is InChI=1S/C20H20N4O5S/c1-12-17(9-21)19(26)24(16-6-7-30(28,29)11-16)20(27)18(12)10-22-14-4-3-5-15(8-14)23-13(2)25/h3-5,8,10,16,27H,6-7,11H2,1-2H3,(H,23,25)/t16-/m1/s1. The number of carbonyl (C=O) groups excluding carboxylic acids is 1. The van der Waals surface area contributed by atoms with E-state index < -0.39 is 27.3 Å². The second kappa shape index (κ2) is 8.12. The molecule has 2 N–H and O–H groups in total. The van der Waals surface area contributed by atoms with Crippen LogP contribution in [0.4, 0.5) is 11.4 Å². The van der Waals surface area contributed by atoms with E-state index in [2.05, 4.69) is 10.3 Å². The Kier molecular flexibility index (Phi) is 5.75. The van der Waals surface area contributed by atoms with Crippen LogP contribution in [-0.4, -0.2) is 41.7 Å². The Bertz CT molecular complexity index is 1260. The molecule has 1 atom stereocenters. The summed E-state index contributed by atoms with van der Waals surface area (Å²) in [5.41, 5.74) is 0.515. The summed E-state index contributed by atoms with van der Waals surface area (Å²) in [5.74, 6) is -1.02. The molecule has 0 aliphatic carbocycles. The minimum Gasteiger partial charge on any atom is -0.494 e. The molecule has 3 rings (SSSR count). The number of nitrogens with zero attached hydrogens (tertiary/aromatic N) is 3. The van der Waals surface area contributed by atoms with Gasteiger partial charge in [0.15, 0.2) is 9.84 Å². The molecular formula is C20H20N4O5S. The first-order chi connectivity index (χ1) is 14.1. The Morgan fingerprint density at radius 2 is 2.17 bits per heavy atom. The summed E-state index contributed by atoms with van der Waals surface area (Å²) in [5, 5.41) is 22.8. The summed E-state index contributed by atoms with van der Waals surface area (Å²) in [7, 11) is -3.31. The first-order valence-corrected chi connectivity index (χ1v) is 11.0. The number of anilines is 1. The Morgan fingerprint density at radius 3 is 2.77 bits per heavy atom. The molecule has 1 aromatic carbocycles. The van der Waals surface area contributed by atoms with E-state index in [0.717, 1.165) is 4.57 Å². The molecule has 1 aliphatic heterocycles. The Morgan fingerprint density at radius 1 is 1.43 bits per heavy atom. The van der Waals surface area contributed by atoms with Gasteiger partial charge in [-0.1, -0.05) is 6.07 Å². The van der Waals surface area contributed by atoms with Gasteiger partial charge in [-0.3, -0.25) is 19.1 Å². The first-order valence-electron chi connectivity index (χ1n) is 9.13. The summed E-state index contributed by atoms with van der Waals surface area (Å²) >= 11 is 0. The molecule has 0 saturated carbocycles. The minimum atomic E-state index is -3.31. The summed E-state index contributed by atoms with van der Waals surface area (Å²) in [6.07, 6.45) is 1.50. The van der Waals surface area contributed by atoms with Crippen LogP contribution < -0.4 is 10.9 Å². The molecule has 2 heterocycles. The molecule has 1 saturated heterocycles. The van der Waals surface area contributed by atoms with Crippen molar-refractivity contribution < 1.29 is 18.3 Å². The van der Waals surface area contributed by atoms with Crippen LogP contribution in [0.25, 0.3) is 0 Å². The molecule has 10 heteroatoms. The summed E-state index contributed by atoms with van der Waals surface area (Å²) in [6, 6.07) is 7.78. The second-order valence-electron chi connectivity index (χ2n) is 7.07. The number of pyridine rings is 1. The van der Waals surface area contributed by atoms with Gasteiger partial charge in [0, 0.05) is 18.8 Å². The molecule has 0 bridgehead atoms. The van der Waals surface area contributed by atoms with Gasteiger partial charge in [-0.15, -0.1) is 0 Å². The van der Waals surface area contributed by atoms with Gasteiger partial charge < -0.3 is 10.4 Å².